The molecule has 0 spiro atoms. The third-order valence-corrected chi connectivity index (χ3v) is 3.85. The molecule has 0 unspecified atom stereocenters. The molecule has 21 heavy (non-hydrogen) atoms. The zero-order valence-electron chi connectivity index (χ0n) is 11.8. The molecule has 108 valence electrons. The van der Waals surface area contributed by atoms with Crippen molar-refractivity contribution >= 4 is 22.6 Å². The van der Waals surface area contributed by atoms with Crippen molar-refractivity contribution in [2.45, 2.75) is 25.3 Å². The Labute approximate surface area is 123 Å². The predicted octanol–water partition coefficient (Wildman–Crippen LogP) is 1.78. The molecule has 0 bridgehead atoms. The molecule has 0 aromatic heterocycles. The standard InChI is InChI=1S/C17H18N2O2/c20-16(19-15-9-4-10-18-17(15)21)11-13-7-3-6-12-5-1-2-8-14(12)13/h1-3,5-8,15H,4,9-11H2,(H,18,21)(H,19,20)/t15-/m1/s1. The van der Waals surface area contributed by atoms with Crippen LogP contribution in [0.2, 0.25) is 0 Å². The second-order valence-corrected chi connectivity index (χ2v) is 5.37. The predicted molar refractivity (Wildman–Crippen MR) is 81.8 cm³/mol. The summed E-state index contributed by atoms with van der Waals surface area (Å²) in [5.41, 5.74) is 0.988. The number of carbonyl (C=O) groups excluding carboxylic acids is 2. The van der Waals surface area contributed by atoms with Gasteiger partial charge in [0.15, 0.2) is 0 Å². The summed E-state index contributed by atoms with van der Waals surface area (Å²) in [5, 5.41) is 7.82. The SMILES string of the molecule is O=C(Cc1cccc2ccccc12)N[C@@H]1CCCNC1=O. The van der Waals surface area contributed by atoms with E-state index in [1.165, 1.54) is 0 Å². The van der Waals surface area contributed by atoms with Crippen LogP contribution >= 0.6 is 0 Å². The highest BCUT2D eigenvalue weighted by atomic mass is 16.2. The van der Waals surface area contributed by atoms with E-state index in [-0.39, 0.29) is 17.9 Å². The zero-order chi connectivity index (χ0) is 14.7. The Morgan fingerprint density at radius 2 is 2.00 bits per heavy atom. The summed E-state index contributed by atoms with van der Waals surface area (Å²) in [5.74, 6) is -0.180. The first-order valence-corrected chi connectivity index (χ1v) is 7.28. The monoisotopic (exact) mass is 282 g/mol. The van der Waals surface area contributed by atoms with Gasteiger partial charge in [0.05, 0.1) is 6.42 Å². The molecule has 2 N–H and O–H groups in total. The van der Waals surface area contributed by atoms with Crippen molar-refractivity contribution in [3.63, 3.8) is 0 Å². The number of nitrogens with one attached hydrogen (secondary N) is 2. The van der Waals surface area contributed by atoms with Gasteiger partial charge in [-0.25, -0.2) is 0 Å². The third-order valence-electron chi connectivity index (χ3n) is 3.85. The molecule has 0 aliphatic carbocycles. The average Bonchev–Trinajstić information content (AvgIpc) is 2.50. The Morgan fingerprint density at radius 1 is 1.19 bits per heavy atom. The van der Waals surface area contributed by atoms with Gasteiger partial charge in [0.2, 0.25) is 11.8 Å². The van der Waals surface area contributed by atoms with E-state index in [9.17, 15) is 9.59 Å². The molecule has 4 heteroatoms. The van der Waals surface area contributed by atoms with Gasteiger partial charge in [-0.3, -0.25) is 9.59 Å². The highest BCUT2D eigenvalue weighted by Gasteiger charge is 2.23. The molecule has 0 saturated carbocycles. The number of rotatable bonds is 3. The van der Waals surface area contributed by atoms with Crippen LogP contribution in [0.1, 0.15) is 18.4 Å². The molecular weight excluding hydrogens is 264 g/mol. The summed E-state index contributed by atoms with van der Waals surface area (Å²) in [4.78, 5) is 23.8. The maximum atomic E-state index is 12.2. The Hall–Kier alpha value is -2.36. The summed E-state index contributed by atoms with van der Waals surface area (Å²) < 4.78 is 0. The van der Waals surface area contributed by atoms with Crippen molar-refractivity contribution in [1.82, 2.24) is 10.6 Å². The Bertz CT molecular complexity index is 676. The van der Waals surface area contributed by atoms with Crippen LogP contribution in [0.25, 0.3) is 10.8 Å². The summed E-state index contributed by atoms with van der Waals surface area (Å²) >= 11 is 0. The smallest absolute Gasteiger partial charge is 0.242 e. The van der Waals surface area contributed by atoms with Crippen molar-refractivity contribution in [1.29, 1.82) is 0 Å². The molecule has 2 amide bonds. The maximum absolute atomic E-state index is 12.2. The number of amides is 2. The molecule has 1 aliphatic heterocycles. The Morgan fingerprint density at radius 3 is 2.86 bits per heavy atom. The van der Waals surface area contributed by atoms with Gasteiger partial charge in [-0.2, -0.15) is 0 Å². The van der Waals surface area contributed by atoms with Crippen LogP contribution in [0.4, 0.5) is 0 Å². The zero-order valence-corrected chi connectivity index (χ0v) is 11.8. The lowest BCUT2D eigenvalue weighted by Gasteiger charge is -2.22. The minimum Gasteiger partial charge on any atom is -0.354 e. The van der Waals surface area contributed by atoms with Crippen molar-refractivity contribution in [3.05, 3.63) is 48.0 Å². The van der Waals surface area contributed by atoms with Crippen molar-refractivity contribution in [2.24, 2.45) is 0 Å². The lowest BCUT2D eigenvalue weighted by Crippen LogP contribution is -2.50. The number of hydrogen-bond donors (Lipinski definition) is 2. The van der Waals surface area contributed by atoms with E-state index >= 15 is 0 Å². The third kappa shape index (κ3) is 3.05. The molecule has 0 radical (unpaired) electrons. The van der Waals surface area contributed by atoms with Crippen LogP contribution in [0.5, 0.6) is 0 Å². The highest BCUT2D eigenvalue weighted by molar-refractivity contribution is 5.92. The lowest BCUT2D eigenvalue weighted by atomic mass is 10.0. The molecule has 2 aromatic rings. The van der Waals surface area contributed by atoms with E-state index in [0.717, 1.165) is 22.8 Å². The van der Waals surface area contributed by atoms with Crippen LogP contribution < -0.4 is 10.6 Å². The van der Waals surface area contributed by atoms with Gasteiger partial charge in [0, 0.05) is 6.54 Å². The largest absolute Gasteiger partial charge is 0.354 e. The summed E-state index contributed by atoms with van der Waals surface area (Å²) in [6.45, 7) is 0.703. The fourth-order valence-electron chi connectivity index (χ4n) is 2.77. The van der Waals surface area contributed by atoms with Gasteiger partial charge in [-0.1, -0.05) is 42.5 Å². The van der Waals surface area contributed by atoms with Gasteiger partial charge in [-0.05, 0) is 29.2 Å². The molecular formula is C17H18N2O2. The highest BCUT2D eigenvalue weighted by Crippen LogP contribution is 2.19. The average molecular weight is 282 g/mol. The molecule has 4 nitrogen and oxygen atoms in total. The summed E-state index contributed by atoms with van der Waals surface area (Å²) in [7, 11) is 0. The number of benzene rings is 2. The van der Waals surface area contributed by atoms with Gasteiger partial charge in [0.1, 0.15) is 6.04 Å². The molecule has 2 aromatic carbocycles. The number of piperidine rings is 1. The van der Waals surface area contributed by atoms with Crippen molar-refractivity contribution in [3.8, 4) is 0 Å². The normalized spacial score (nSPS) is 18.3. The summed E-state index contributed by atoms with van der Waals surface area (Å²) in [6.07, 6.45) is 1.92. The minimum absolute atomic E-state index is 0.0764. The topological polar surface area (TPSA) is 58.2 Å². The Balaban J connectivity index is 1.73. The second-order valence-electron chi connectivity index (χ2n) is 5.37. The fraction of sp³-hybridized carbons (Fsp3) is 0.294. The van der Waals surface area contributed by atoms with Crippen LogP contribution in [-0.4, -0.2) is 24.4 Å². The molecule has 1 saturated heterocycles. The van der Waals surface area contributed by atoms with Crippen LogP contribution in [0.3, 0.4) is 0 Å². The second kappa shape index (κ2) is 5.95. The molecule has 1 heterocycles. The van der Waals surface area contributed by atoms with Gasteiger partial charge in [-0.15, -0.1) is 0 Å². The van der Waals surface area contributed by atoms with E-state index in [4.69, 9.17) is 0 Å². The first-order chi connectivity index (χ1) is 10.2. The molecule has 1 atom stereocenters. The fourth-order valence-corrected chi connectivity index (χ4v) is 2.77. The van der Waals surface area contributed by atoms with Crippen LogP contribution in [-0.2, 0) is 16.0 Å². The quantitative estimate of drug-likeness (QED) is 0.901. The van der Waals surface area contributed by atoms with E-state index in [0.29, 0.717) is 19.4 Å². The van der Waals surface area contributed by atoms with E-state index in [1.54, 1.807) is 0 Å². The van der Waals surface area contributed by atoms with Crippen molar-refractivity contribution in [2.75, 3.05) is 6.54 Å². The maximum Gasteiger partial charge on any atom is 0.242 e. The minimum atomic E-state index is -0.388. The van der Waals surface area contributed by atoms with Crippen molar-refractivity contribution < 1.29 is 9.59 Å². The number of fused-ring (bicyclic) bond motifs is 1. The van der Waals surface area contributed by atoms with E-state index in [2.05, 4.69) is 10.6 Å². The molecule has 1 aliphatic rings. The van der Waals surface area contributed by atoms with Crippen LogP contribution in [0.15, 0.2) is 42.5 Å². The van der Waals surface area contributed by atoms with Gasteiger partial charge < -0.3 is 10.6 Å². The number of carbonyl (C=O) groups is 2. The van der Waals surface area contributed by atoms with Crippen LogP contribution in [0, 0.1) is 0 Å². The number of hydrogen-bond acceptors (Lipinski definition) is 2. The first kappa shape index (κ1) is 13.6. The Kier molecular flexibility index (Phi) is 3.86. The summed E-state index contributed by atoms with van der Waals surface area (Å²) in [6, 6.07) is 13.6. The van der Waals surface area contributed by atoms with E-state index < -0.39 is 0 Å². The molecule has 3 rings (SSSR count). The van der Waals surface area contributed by atoms with Gasteiger partial charge in [0.25, 0.3) is 0 Å². The van der Waals surface area contributed by atoms with E-state index in [1.807, 2.05) is 42.5 Å². The van der Waals surface area contributed by atoms with Gasteiger partial charge >= 0.3 is 0 Å². The first-order valence-electron chi connectivity index (χ1n) is 7.28. The lowest BCUT2D eigenvalue weighted by molar-refractivity contribution is -0.129. The molecule has 1 fully saturated rings.